The van der Waals surface area contributed by atoms with Crippen LogP contribution in [0.2, 0.25) is 0 Å². The van der Waals surface area contributed by atoms with Crippen LogP contribution < -0.4 is 20.1 Å². The molecule has 0 spiro atoms. The highest BCUT2D eigenvalue weighted by molar-refractivity contribution is 5.74. The monoisotopic (exact) mass is 331 g/mol. The predicted octanol–water partition coefficient (Wildman–Crippen LogP) is 1.71. The van der Waals surface area contributed by atoms with E-state index in [4.69, 9.17) is 9.47 Å². The first kappa shape index (κ1) is 16.1. The molecule has 128 valence electrons. The fourth-order valence-electron chi connectivity index (χ4n) is 2.60. The number of hydrogen-bond acceptors (Lipinski definition) is 5. The number of benzene rings is 1. The van der Waals surface area contributed by atoms with Crippen LogP contribution in [0, 0.1) is 0 Å². The molecule has 8 nitrogen and oxygen atoms in total. The van der Waals surface area contributed by atoms with Crippen LogP contribution in [0.5, 0.6) is 11.5 Å². The quantitative estimate of drug-likeness (QED) is 0.890. The zero-order valence-corrected chi connectivity index (χ0v) is 13.9. The van der Waals surface area contributed by atoms with Gasteiger partial charge in [0.2, 0.25) is 0 Å². The van der Waals surface area contributed by atoms with E-state index in [1.165, 1.54) is 0 Å². The molecule has 0 saturated carbocycles. The zero-order valence-electron chi connectivity index (χ0n) is 13.9. The van der Waals surface area contributed by atoms with Crippen molar-refractivity contribution in [3.05, 3.63) is 35.9 Å². The molecule has 1 aromatic carbocycles. The topological polar surface area (TPSA) is 90.3 Å². The number of rotatable bonds is 4. The van der Waals surface area contributed by atoms with Gasteiger partial charge in [0.25, 0.3) is 0 Å². The molecular weight excluding hydrogens is 310 g/mol. The molecule has 0 fully saturated rings. The molecule has 1 aliphatic heterocycles. The van der Waals surface area contributed by atoms with E-state index >= 15 is 0 Å². The van der Waals surface area contributed by atoms with Crippen LogP contribution in [-0.2, 0) is 7.05 Å². The number of fused-ring (bicyclic) bond motifs is 1. The van der Waals surface area contributed by atoms with Crippen molar-refractivity contribution in [2.24, 2.45) is 7.05 Å². The molecule has 2 atom stereocenters. The molecule has 0 bridgehead atoms. The molecule has 1 aromatic heterocycles. The van der Waals surface area contributed by atoms with Gasteiger partial charge in [-0.3, -0.25) is 0 Å². The third kappa shape index (κ3) is 3.42. The highest BCUT2D eigenvalue weighted by atomic mass is 16.6. The number of ether oxygens (including phenoxy) is 2. The number of nitrogens with one attached hydrogen (secondary N) is 2. The van der Waals surface area contributed by atoms with E-state index in [1.54, 1.807) is 10.9 Å². The third-order valence-electron chi connectivity index (χ3n) is 3.90. The summed E-state index contributed by atoms with van der Waals surface area (Å²) < 4.78 is 12.9. The van der Waals surface area contributed by atoms with Crippen LogP contribution in [0.15, 0.2) is 24.5 Å². The van der Waals surface area contributed by atoms with Gasteiger partial charge in [-0.15, -0.1) is 10.2 Å². The van der Waals surface area contributed by atoms with Crippen molar-refractivity contribution in [2.45, 2.75) is 25.9 Å². The average Bonchev–Trinajstić information content (AvgIpc) is 3.00. The normalized spacial score (nSPS) is 15.5. The molecule has 24 heavy (non-hydrogen) atoms. The van der Waals surface area contributed by atoms with E-state index in [2.05, 4.69) is 20.8 Å². The summed E-state index contributed by atoms with van der Waals surface area (Å²) in [6.07, 6.45) is 1.60. The van der Waals surface area contributed by atoms with Crippen molar-refractivity contribution in [1.82, 2.24) is 25.4 Å². The maximum Gasteiger partial charge on any atom is 0.315 e. The minimum absolute atomic E-state index is 0.174. The highest BCUT2D eigenvalue weighted by Crippen LogP contribution is 2.32. The maximum atomic E-state index is 12.2. The lowest BCUT2D eigenvalue weighted by molar-refractivity contribution is 0.171. The van der Waals surface area contributed by atoms with Gasteiger partial charge in [-0.25, -0.2) is 4.79 Å². The second-order valence-corrected chi connectivity index (χ2v) is 5.76. The van der Waals surface area contributed by atoms with Crippen LogP contribution >= 0.6 is 0 Å². The Morgan fingerprint density at radius 3 is 2.58 bits per heavy atom. The Kier molecular flexibility index (Phi) is 4.54. The Hall–Kier alpha value is -2.77. The van der Waals surface area contributed by atoms with Gasteiger partial charge in [0.05, 0.1) is 12.1 Å². The van der Waals surface area contributed by atoms with Crippen molar-refractivity contribution < 1.29 is 14.3 Å². The van der Waals surface area contributed by atoms with E-state index in [1.807, 2.05) is 39.1 Å². The first-order chi connectivity index (χ1) is 11.5. The summed E-state index contributed by atoms with van der Waals surface area (Å²) in [6.45, 7) is 4.87. The van der Waals surface area contributed by atoms with Crippen LogP contribution in [0.1, 0.15) is 37.3 Å². The van der Waals surface area contributed by atoms with Gasteiger partial charge in [0.15, 0.2) is 17.3 Å². The molecule has 3 rings (SSSR count). The third-order valence-corrected chi connectivity index (χ3v) is 3.90. The Morgan fingerprint density at radius 2 is 1.88 bits per heavy atom. The SMILES string of the molecule is CC(NC(=O)NC(C)c1nncn1C)c1ccc2c(c1)OCCO2. The summed E-state index contributed by atoms with van der Waals surface area (Å²) in [5, 5.41) is 13.6. The minimum Gasteiger partial charge on any atom is -0.486 e. The Bertz CT molecular complexity index is 730. The predicted molar refractivity (Wildman–Crippen MR) is 86.9 cm³/mol. The van der Waals surface area contributed by atoms with Crippen molar-refractivity contribution in [3.8, 4) is 11.5 Å². The fraction of sp³-hybridized carbons (Fsp3) is 0.438. The van der Waals surface area contributed by atoms with Crippen LogP contribution in [0.25, 0.3) is 0 Å². The maximum absolute atomic E-state index is 12.2. The molecule has 1 aliphatic rings. The zero-order chi connectivity index (χ0) is 17.1. The Labute approximate surface area is 140 Å². The average molecular weight is 331 g/mol. The standard InChI is InChI=1S/C16H21N5O3/c1-10(12-4-5-13-14(8-12)24-7-6-23-13)18-16(22)19-11(2)15-20-17-9-21(15)3/h4-5,8-11H,6-7H2,1-3H3,(H2,18,19,22). The van der Waals surface area contributed by atoms with E-state index in [9.17, 15) is 4.79 Å². The Morgan fingerprint density at radius 1 is 1.17 bits per heavy atom. The first-order valence-corrected chi connectivity index (χ1v) is 7.85. The van der Waals surface area contributed by atoms with Crippen LogP contribution in [-0.4, -0.2) is 34.0 Å². The number of amides is 2. The van der Waals surface area contributed by atoms with Gasteiger partial charge in [0, 0.05) is 7.05 Å². The summed E-state index contributed by atoms with van der Waals surface area (Å²) in [7, 11) is 1.84. The van der Waals surface area contributed by atoms with E-state index < -0.39 is 0 Å². The van der Waals surface area contributed by atoms with E-state index in [0.717, 1.165) is 11.3 Å². The molecule has 8 heteroatoms. The minimum atomic E-state index is -0.270. The lowest BCUT2D eigenvalue weighted by Gasteiger charge is -2.21. The van der Waals surface area contributed by atoms with Crippen LogP contribution in [0.4, 0.5) is 4.79 Å². The van der Waals surface area contributed by atoms with Gasteiger partial charge in [0.1, 0.15) is 19.5 Å². The molecule has 2 unspecified atom stereocenters. The largest absolute Gasteiger partial charge is 0.486 e. The molecule has 2 N–H and O–H groups in total. The number of hydrogen-bond donors (Lipinski definition) is 2. The number of nitrogens with zero attached hydrogens (tertiary/aromatic N) is 3. The summed E-state index contributed by atoms with van der Waals surface area (Å²) >= 11 is 0. The van der Waals surface area contributed by atoms with E-state index in [-0.39, 0.29) is 18.1 Å². The van der Waals surface area contributed by atoms with Gasteiger partial charge >= 0.3 is 6.03 Å². The second-order valence-electron chi connectivity index (χ2n) is 5.76. The van der Waals surface area contributed by atoms with Crippen molar-refractivity contribution in [1.29, 1.82) is 0 Å². The number of aromatic nitrogens is 3. The van der Waals surface area contributed by atoms with Gasteiger partial charge in [-0.05, 0) is 31.5 Å². The molecule has 2 amide bonds. The van der Waals surface area contributed by atoms with Crippen LogP contribution in [0.3, 0.4) is 0 Å². The summed E-state index contributed by atoms with van der Waals surface area (Å²) in [5.74, 6) is 2.13. The summed E-state index contributed by atoms with van der Waals surface area (Å²) in [5.41, 5.74) is 0.945. The molecule has 2 heterocycles. The molecule has 0 aliphatic carbocycles. The summed E-state index contributed by atoms with van der Waals surface area (Å²) in [6, 6.07) is 4.99. The van der Waals surface area contributed by atoms with Crippen molar-refractivity contribution in [2.75, 3.05) is 13.2 Å². The van der Waals surface area contributed by atoms with Gasteiger partial charge < -0.3 is 24.7 Å². The summed E-state index contributed by atoms with van der Waals surface area (Å²) in [4.78, 5) is 12.2. The Balaban J connectivity index is 1.61. The van der Waals surface area contributed by atoms with Crippen molar-refractivity contribution in [3.63, 3.8) is 0 Å². The van der Waals surface area contributed by atoms with Gasteiger partial charge in [-0.1, -0.05) is 6.07 Å². The number of aryl methyl sites for hydroxylation is 1. The lowest BCUT2D eigenvalue weighted by Crippen LogP contribution is -2.39. The molecule has 0 radical (unpaired) electrons. The first-order valence-electron chi connectivity index (χ1n) is 7.85. The smallest absolute Gasteiger partial charge is 0.315 e. The molecule has 0 saturated heterocycles. The fourth-order valence-corrected chi connectivity index (χ4v) is 2.60. The number of urea groups is 1. The number of carbonyl (C=O) groups excluding carboxylic acids is 1. The van der Waals surface area contributed by atoms with Gasteiger partial charge in [-0.2, -0.15) is 0 Å². The second kappa shape index (κ2) is 6.77. The lowest BCUT2D eigenvalue weighted by atomic mass is 10.1. The number of carbonyl (C=O) groups is 1. The molecular formula is C16H21N5O3. The molecule has 2 aromatic rings. The van der Waals surface area contributed by atoms with Crippen molar-refractivity contribution >= 4 is 6.03 Å². The highest BCUT2D eigenvalue weighted by Gasteiger charge is 2.18. The van der Waals surface area contributed by atoms with E-state index in [0.29, 0.717) is 24.8 Å².